The van der Waals surface area contributed by atoms with Gasteiger partial charge in [-0.05, 0) is 18.1 Å². The molecule has 3 rings (SSSR count). The first-order valence-electron chi connectivity index (χ1n) is 8.35. The van der Waals surface area contributed by atoms with Crippen molar-refractivity contribution in [2.24, 2.45) is 0 Å². The maximum absolute atomic E-state index is 10.3. The predicted octanol–water partition coefficient (Wildman–Crippen LogP) is 2.94. The van der Waals surface area contributed by atoms with Crippen molar-refractivity contribution < 1.29 is 19.3 Å². The van der Waals surface area contributed by atoms with Gasteiger partial charge < -0.3 is 19.3 Å². The fraction of sp³-hybridized carbons (Fsp3) is 0.400. The van der Waals surface area contributed by atoms with Crippen LogP contribution in [0.25, 0.3) is 0 Å². The van der Waals surface area contributed by atoms with Crippen LogP contribution in [-0.2, 0) is 27.4 Å². The predicted molar refractivity (Wildman–Crippen MR) is 91.5 cm³/mol. The van der Waals surface area contributed by atoms with Crippen molar-refractivity contribution in [3.8, 4) is 0 Å². The minimum atomic E-state index is -0.640. The lowest BCUT2D eigenvalue weighted by Crippen LogP contribution is -2.36. The van der Waals surface area contributed by atoms with Crippen LogP contribution in [0.2, 0.25) is 0 Å². The van der Waals surface area contributed by atoms with E-state index in [0.29, 0.717) is 19.8 Å². The number of aliphatic hydroxyl groups is 1. The first-order chi connectivity index (χ1) is 11.7. The van der Waals surface area contributed by atoms with Gasteiger partial charge in [-0.3, -0.25) is 0 Å². The number of rotatable bonds is 7. The molecule has 4 heteroatoms. The van der Waals surface area contributed by atoms with E-state index in [1.807, 2.05) is 67.6 Å². The molecule has 0 spiro atoms. The Balaban J connectivity index is 1.52. The van der Waals surface area contributed by atoms with Crippen LogP contribution < -0.4 is 0 Å². The molecular formula is C20H24O4. The van der Waals surface area contributed by atoms with Gasteiger partial charge in [0, 0.05) is 0 Å². The van der Waals surface area contributed by atoms with Crippen LogP contribution in [0.1, 0.15) is 18.1 Å². The van der Waals surface area contributed by atoms with Crippen LogP contribution in [0.15, 0.2) is 60.7 Å². The minimum absolute atomic E-state index is 0.254. The van der Waals surface area contributed by atoms with E-state index < -0.39 is 6.10 Å². The lowest BCUT2D eigenvalue weighted by molar-refractivity contribution is -0.0761. The van der Waals surface area contributed by atoms with Gasteiger partial charge in [0.1, 0.15) is 18.3 Å². The van der Waals surface area contributed by atoms with Gasteiger partial charge in [0.15, 0.2) is 0 Å². The lowest BCUT2D eigenvalue weighted by atomic mass is 10.1. The smallest absolute Gasteiger partial charge is 0.115 e. The normalized spacial score (nSPS) is 26.6. The Morgan fingerprint density at radius 2 is 1.50 bits per heavy atom. The van der Waals surface area contributed by atoms with E-state index in [1.165, 1.54) is 0 Å². The van der Waals surface area contributed by atoms with Crippen molar-refractivity contribution in [2.45, 2.75) is 44.6 Å². The maximum atomic E-state index is 10.3. The molecule has 4 atom stereocenters. The number of benzene rings is 2. The summed E-state index contributed by atoms with van der Waals surface area (Å²) >= 11 is 0. The summed E-state index contributed by atoms with van der Waals surface area (Å²) in [6.45, 7) is 3.24. The van der Waals surface area contributed by atoms with Crippen molar-refractivity contribution in [3.63, 3.8) is 0 Å². The van der Waals surface area contributed by atoms with Crippen molar-refractivity contribution in [1.82, 2.24) is 0 Å². The van der Waals surface area contributed by atoms with Crippen molar-refractivity contribution >= 4 is 0 Å². The van der Waals surface area contributed by atoms with Gasteiger partial charge in [-0.1, -0.05) is 60.7 Å². The quantitative estimate of drug-likeness (QED) is 0.849. The van der Waals surface area contributed by atoms with E-state index >= 15 is 0 Å². The highest BCUT2D eigenvalue weighted by atomic mass is 16.6. The summed E-state index contributed by atoms with van der Waals surface area (Å²) in [5.41, 5.74) is 2.19. The average molecular weight is 328 g/mol. The second kappa shape index (κ2) is 8.40. The molecule has 1 unspecified atom stereocenters. The zero-order valence-electron chi connectivity index (χ0n) is 13.9. The van der Waals surface area contributed by atoms with Gasteiger partial charge in [-0.15, -0.1) is 0 Å². The average Bonchev–Trinajstić information content (AvgIpc) is 2.89. The third kappa shape index (κ3) is 4.42. The molecule has 0 aromatic heterocycles. The van der Waals surface area contributed by atoms with Crippen molar-refractivity contribution in [1.29, 1.82) is 0 Å². The minimum Gasteiger partial charge on any atom is -0.388 e. The molecule has 0 radical (unpaired) electrons. The molecule has 1 fully saturated rings. The molecule has 1 aliphatic heterocycles. The first kappa shape index (κ1) is 17.1. The van der Waals surface area contributed by atoms with Crippen molar-refractivity contribution in [3.05, 3.63) is 71.8 Å². The summed E-state index contributed by atoms with van der Waals surface area (Å²) in [6.07, 6.45) is -1.53. The number of ether oxygens (including phenoxy) is 3. The van der Waals surface area contributed by atoms with Crippen LogP contribution in [0.5, 0.6) is 0 Å². The Morgan fingerprint density at radius 3 is 2.12 bits per heavy atom. The second-order valence-corrected chi connectivity index (χ2v) is 6.13. The summed E-state index contributed by atoms with van der Waals surface area (Å²) in [5, 5.41) is 10.3. The highest BCUT2D eigenvalue weighted by molar-refractivity contribution is 5.14. The molecule has 0 amide bonds. The van der Waals surface area contributed by atoms with Gasteiger partial charge in [0.2, 0.25) is 0 Å². The molecule has 1 saturated heterocycles. The molecule has 1 N–H and O–H groups in total. The molecule has 0 aliphatic carbocycles. The van der Waals surface area contributed by atoms with Crippen molar-refractivity contribution in [2.75, 3.05) is 6.61 Å². The summed E-state index contributed by atoms with van der Waals surface area (Å²) in [6, 6.07) is 19.9. The van der Waals surface area contributed by atoms with E-state index in [2.05, 4.69) is 0 Å². The van der Waals surface area contributed by atoms with Crippen LogP contribution in [0.4, 0.5) is 0 Å². The van der Waals surface area contributed by atoms with E-state index in [-0.39, 0.29) is 18.3 Å². The molecule has 2 aromatic carbocycles. The topological polar surface area (TPSA) is 47.9 Å². The largest absolute Gasteiger partial charge is 0.388 e. The highest BCUT2D eigenvalue weighted by Gasteiger charge is 2.42. The molecule has 1 heterocycles. The van der Waals surface area contributed by atoms with Crippen LogP contribution in [0, 0.1) is 0 Å². The Kier molecular flexibility index (Phi) is 5.99. The number of hydrogen-bond acceptors (Lipinski definition) is 4. The second-order valence-electron chi connectivity index (χ2n) is 6.13. The number of aliphatic hydroxyl groups excluding tert-OH is 1. The first-order valence-corrected chi connectivity index (χ1v) is 8.35. The molecule has 2 aromatic rings. The van der Waals surface area contributed by atoms with Gasteiger partial charge in [0.25, 0.3) is 0 Å². The van der Waals surface area contributed by atoms with Crippen LogP contribution in [0.3, 0.4) is 0 Å². The lowest BCUT2D eigenvalue weighted by Gasteiger charge is -2.21. The number of hydrogen-bond donors (Lipinski definition) is 1. The Labute approximate surface area is 143 Å². The Morgan fingerprint density at radius 1 is 0.917 bits per heavy atom. The molecule has 4 nitrogen and oxygen atoms in total. The fourth-order valence-corrected chi connectivity index (χ4v) is 2.89. The Bertz CT molecular complexity index is 602. The highest BCUT2D eigenvalue weighted by Crippen LogP contribution is 2.25. The van der Waals surface area contributed by atoms with Crippen LogP contribution in [-0.4, -0.2) is 36.1 Å². The molecule has 0 saturated carbocycles. The van der Waals surface area contributed by atoms with Crippen LogP contribution >= 0.6 is 0 Å². The van der Waals surface area contributed by atoms with Gasteiger partial charge in [-0.25, -0.2) is 0 Å². The summed E-state index contributed by atoms with van der Waals surface area (Å²) in [7, 11) is 0. The zero-order chi connectivity index (χ0) is 16.8. The fourth-order valence-electron chi connectivity index (χ4n) is 2.89. The van der Waals surface area contributed by atoms with E-state index in [9.17, 15) is 5.11 Å². The van der Waals surface area contributed by atoms with Gasteiger partial charge >= 0.3 is 0 Å². The van der Waals surface area contributed by atoms with E-state index in [4.69, 9.17) is 14.2 Å². The zero-order valence-corrected chi connectivity index (χ0v) is 13.9. The molecule has 1 aliphatic rings. The summed E-state index contributed by atoms with van der Waals surface area (Å²) < 4.78 is 17.5. The summed E-state index contributed by atoms with van der Waals surface area (Å²) in [5.74, 6) is 0. The third-order valence-electron chi connectivity index (χ3n) is 4.25. The SMILES string of the molecule is CC1O[C@H](COCc2ccccc2)[C@@H](OCc2ccccc2)[C@H]1O. The maximum Gasteiger partial charge on any atom is 0.115 e. The van der Waals surface area contributed by atoms with E-state index in [1.54, 1.807) is 0 Å². The third-order valence-corrected chi connectivity index (χ3v) is 4.25. The Hall–Kier alpha value is -1.72. The molecule has 24 heavy (non-hydrogen) atoms. The molecule has 128 valence electrons. The monoisotopic (exact) mass is 328 g/mol. The standard InChI is InChI=1S/C20H24O4/c1-15-19(21)20(23-13-17-10-6-3-7-11-17)18(24-15)14-22-12-16-8-4-2-5-9-16/h2-11,15,18-21H,12-14H2,1H3/t15?,18-,19+,20-/m1/s1. The van der Waals surface area contributed by atoms with E-state index in [0.717, 1.165) is 11.1 Å². The summed E-state index contributed by atoms with van der Waals surface area (Å²) in [4.78, 5) is 0. The van der Waals surface area contributed by atoms with Gasteiger partial charge in [-0.2, -0.15) is 0 Å². The van der Waals surface area contributed by atoms with Gasteiger partial charge in [0.05, 0.1) is 25.9 Å². The molecule has 0 bridgehead atoms. The molecular weight excluding hydrogens is 304 g/mol.